The lowest BCUT2D eigenvalue weighted by molar-refractivity contribution is 0.232. The summed E-state index contributed by atoms with van der Waals surface area (Å²) in [6.07, 6.45) is 0.787. The van der Waals surface area contributed by atoms with E-state index in [-0.39, 0.29) is 17.9 Å². The van der Waals surface area contributed by atoms with E-state index in [9.17, 15) is 9.18 Å². The molecular weight excluding hydrogens is 327 g/mol. The molecule has 3 rings (SSSR count). The van der Waals surface area contributed by atoms with Gasteiger partial charge in [-0.25, -0.2) is 9.18 Å². The molecule has 0 fully saturated rings. The fraction of sp³-hybridized carbons (Fsp3) is 0.278. The molecule has 1 aliphatic rings. The number of ether oxygens (including phenoxy) is 1. The molecule has 1 unspecified atom stereocenters. The van der Waals surface area contributed by atoms with E-state index in [2.05, 4.69) is 10.6 Å². The summed E-state index contributed by atoms with van der Waals surface area (Å²) < 4.78 is 19.0. The van der Waals surface area contributed by atoms with Crippen molar-refractivity contribution in [2.45, 2.75) is 17.4 Å². The molecule has 0 bridgehead atoms. The van der Waals surface area contributed by atoms with Crippen molar-refractivity contribution in [1.82, 2.24) is 10.6 Å². The number of benzene rings is 2. The molecule has 1 atom stereocenters. The van der Waals surface area contributed by atoms with Gasteiger partial charge in [-0.3, -0.25) is 0 Å². The lowest BCUT2D eigenvalue weighted by Crippen LogP contribution is -2.40. The molecule has 2 aromatic rings. The maximum absolute atomic E-state index is 13.5. The molecule has 0 aliphatic carbocycles. The quantitative estimate of drug-likeness (QED) is 0.811. The summed E-state index contributed by atoms with van der Waals surface area (Å²) in [5.74, 6) is 1.40. The molecule has 2 N–H and O–H groups in total. The van der Waals surface area contributed by atoms with Crippen molar-refractivity contribution in [1.29, 1.82) is 0 Å². The van der Waals surface area contributed by atoms with Gasteiger partial charge >= 0.3 is 6.03 Å². The average Bonchev–Trinajstić information content (AvgIpc) is 2.60. The monoisotopic (exact) mass is 346 g/mol. The normalized spacial score (nSPS) is 16.1. The largest absolute Gasteiger partial charge is 0.492 e. The van der Waals surface area contributed by atoms with Gasteiger partial charge in [-0.05, 0) is 42.3 Å². The van der Waals surface area contributed by atoms with E-state index in [0.717, 1.165) is 28.4 Å². The van der Waals surface area contributed by atoms with E-state index in [4.69, 9.17) is 4.74 Å². The minimum Gasteiger partial charge on any atom is -0.492 e. The van der Waals surface area contributed by atoms with Gasteiger partial charge in [0.15, 0.2) is 0 Å². The first-order chi connectivity index (χ1) is 11.7. The van der Waals surface area contributed by atoms with E-state index in [1.54, 1.807) is 17.8 Å². The van der Waals surface area contributed by atoms with Crippen LogP contribution in [0.3, 0.4) is 0 Å². The number of urea groups is 1. The smallest absolute Gasteiger partial charge is 0.315 e. The second-order valence-corrected chi connectivity index (χ2v) is 6.57. The molecular formula is C18H19FN2O2S. The third kappa shape index (κ3) is 4.41. The van der Waals surface area contributed by atoms with Crippen molar-refractivity contribution < 1.29 is 13.9 Å². The Hall–Kier alpha value is -2.21. The fourth-order valence-electron chi connectivity index (χ4n) is 2.57. The third-order valence-corrected chi connectivity index (χ3v) is 4.84. The Morgan fingerprint density at radius 2 is 2.08 bits per heavy atom. The number of carbonyl (C=O) groups excluding carboxylic acids is 1. The number of halogens is 1. The van der Waals surface area contributed by atoms with Crippen LogP contribution in [0.1, 0.15) is 18.0 Å². The second kappa shape index (κ2) is 8.06. The van der Waals surface area contributed by atoms with E-state index in [0.29, 0.717) is 13.2 Å². The summed E-state index contributed by atoms with van der Waals surface area (Å²) in [5, 5.41) is 5.69. The predicted octanol–water partition coefficient (Wildman–Crippen LogP) is 3.74. The third-order valence-electron chi connectivity index (χ3n) is 3.72. The minimum absolute atomic E-state index is 0.160. The van der Waals surface area contributed by atoms with Crippen molar-refractivity contribution in [3.05, 3.63) is 59.9 Å². The maximum atomic E-state index is 13.5. The zero-order chi connectivity index (χ0) is 16.8. The summed E-state index contributed by atoms with van der Waals surface area (Å²) >= 11 is 1.69. The van der Waals surface area contributed by atoms with Gasteiger partial charge in [0.2, 0.25) is 0 Å². The lowest BCUT2D eigenvalue weighted by Gasteiger charge is -2.26. The van der Waals surface area contributed by atoms with E-state index in [1.807, 2.05) is 30.3 Å². The number of fused-ring (bicyclic) bond motifs is 1. The molecule has 0 saturated carbocycles. The van der Waals surface area contributed by atoms with Crippen LogP contribution in [0, 0.1) is 5.82 Å². The van der Waals surface area contributed by atoms with Crippen molar-refractivity contribution >= 4 is 17.8 Å². The second-order valence-electron chi connectivity index (χ2n) is 5.43. The van der Waals surface area contributed by atoms with Crippen LogP contribution in [-0.2, 0) is 0 Å². The van der Waals surface area contributed by atoms with Crippen molar-refractivity contribution in [2.75, 3.05) is 18.9 Å². The number of amides is 2. The SMILES string of the molecule is O=C(NCCOc1ccccc1)NC1CCSc2ccc(F)cc21. The number of rotatable bonds is 5. The van der Waals surface area contributed by atoms with Crippen LogP contribution in [0.25, 0.3) is 0 Å². The van der Waals surface area contributed by atoms with Crippen molar-refractivity contribution in [2.24, 2.45) is 0 Å². The van der Waals surface area contributed by atoms with Gasteiger partial charge in [-0.2, -0.15) is 0 Å². The van der Waals surface area contributed by atoms with Crippen molar-refractivity contribution in [3.8, 4) is 5.75 Å². The summed E-state index contributed by atoms with van der Waals surface area (Å²) in [6.45, 7) is 0.793. The Labute approximate surface area is 144 Å². The first kappa shape index (κ1) is 16.6. The number of hydrogen-bond acceptors (Lipinski definition) is 3. The van der Waals surface area contributed by atoms with E-state index in [1.165, 1.54) is 12.1 Å². The Kier molecular flexibility index (Phi) is 5.59. The molecule has 1 heterocycles. The maximum Gasteiger partial charge on any atom is 0.315 e. The molecule has 2 amide bonds. The summed E-state index contributed by atoms with van der Waals surface area (Å²) in [4.78, 5) is 13.1. The van der Waals surface area contributed by atoms with Crippen LogP contribution in [0.2, 0.25) is 0 Å². The zero-order valence-electron chi connectivity index (χ0n) is 13.1. The van der Waals surface area contributed by atoms with Crippen molar-refractivity contribution in [3.63, 3.8) is 0 Å². The molecule has 0 radical (unpaired) electrons. The number of carbonyl (C=O) groups is 1. The highest BCUT2D eigenvalue weighted by Crippen LogP contribution is 2.36. The summed E-state index contributed by atoms with van der Waals surface area (Å²) in [6, 6.07) is 13.7. The Morgan fingerprint density at radius 1 is 1.25 bits per heavy atom. The molecule has 24 heavy (non-hydrogen) atoms. The molecule has 6 heteroatoms. The number of nitrogens with one attached hydrogen (secondary N) is 2. The van der Waals surface area contributed by atoms with Gasteiger partial charge in [-0.15, -0.1) is 11.8 Å². The summed E-state index contributed by atoms with van der Waals surface area (Å²) in [5.41, 5.74) is 0.849. The van der Waals surface area contributed by atoms with Crippen LogP contribution >= 0.6 is 11.8 Å². The van der Waals surface area contributed by atoms with Gasteiger partial charge in [0.05, 0.1) is 12.6 Å². The average molecular weight is 346 g/mol. The first-order valence-electron chi connectivity index (χ1n) is 7.87. The van der Waals surface area contributed by atoms with Crippen LogP contribution in [0.5, 0.6) is 5.75 Å². The summed E-state index contributed by atoms with van der Waals surface area (Å²) in [7, 11) is 0. The Morgan fingerprint density at radius 3 is 2.92 bits per heavy atom. The highest BCUT2D eigenvalue weighted by atomic mass is 32.2. The van der Waals surface area contributed by atoms with Crippen LogP contribution in [0.4, 0.5) is 9.18 Å². The van der Waals surface area contributed by atoms with Crippen LogP contribution < -0.4 is 15.4 Å². The van der Waals surface area contributed by atoms with Gasteiger partial charge in [0.25, 0.3) is 0 Å². The molecule has 0 spiro atoms. The van der Waals surface area contributed by atoms with Gasteiger partial charge in [-0.1, -0.05) is 18.2 Å². The fourth-order valence-corrected chi connectivity index (χ4v) is 3.68. The molecule has 2 aromatic carbocycles. The van der Waals surface area contributed by atoms with Crippen LogP contribution in [-0.4, -0.2) is 24.9 Å². The topological polar surface area (TPSA) is 50.4 Å². The van der Waals surface area contributed by atoms with Gasteiger partial charge in [0.1, 0.15) is 18.2 Å². The van der Waals surface area contributed by atoms with E-state index >= 15 is 0 Å². The zero-order valence-corrected chi connectivity index (χ0v) is 13.9. The minimum atomic E-state index is -0.278. The van der Waals surface area contributed by atoms with Gasteiger partial charge in [0, 0.05) is 10.6 Å². The predicted molar refractivity (Wildman–Crippen MR) is 93.0 cm³/mol. The Bertz CT molecular complexity index is 697. The molecule has 4 nitrogen and oxygen atoms in total. The van der Waals surface area contributed by atoms with Crippen LogP contribution in [0.15, 0.2) is 53.4 Å². The van der Waals surface area contributed by atoms with E-state index < -0.39 is 0 Å². The number of thioether (sulfide) groups is 1. The highest BCUT2D eigenvalue weighted by Gasteiger charge is 2.22. The number of para-hydroxylation sites is 1. The molecule has 0 saturated heterocycles. The van der Waals surface area contributed by atoms with Gasteiger partial charge < -0.3 is 15.4 Å². The molecule has 0 aromatic heterocycles. The lowest BCUT2D eigenvalue weighted by atomic mass is 10.0. The standard InChI is InChI=1S/C18H19FN2O2S/c19-13-6-7-17-15(12-13)16(8-11-24-17)21-18(22)20-9-10-23-14-4-2-1-3-5-14/h1-7,12,16H,8-11H2,(H2,20,21,22). The molecule has 126 valence electrons. The molecule has 1 aliphatic heterocycles. The highest BCUT2D eigenvalue weighted by molar-refractivity contribution is 7.99. The first-order valence-corrected chi connectivity index (χ1v) is 8.85. The number of hydrogen-bond donors (Lipinski definition) is 2. The Balaban J connectivity index is 1.47.